The molecule has 0 radical (unpaired) electrons. The minimum atomic E-state index is -0.542. The lowest BCUT2D eigenvalue weighted by molar-refractivity contribution is -0.122. The number of amides is 2. The molecule has 2 aliphatic carbocycles. The van der Waals surface area contributed by atoms with Gasteiger partial charge in [-0.3, -0.25) is 14.4 Å². The summed E-state index contributed by atoms with van der Waals surface area (Å²) in [6, 6.07) is -0.542. The van der Waals surface area contributed by atoms with Gasteiger partial charge in [-0.15, -0.1) is 0 Å². The molecule has 6 nitrogen and oxygen atoms in total. The summed E-state index contributed by atoms with van der Waals surface area (Å²) < 4.78 is 0. The Balaban J connectivity index is 0.00000136. The molecular weight excluding hydrogens is 354 g/mol. The van der Waals surface area contributed by atoms with E-state index in [1.165, 1.54) is 12.8 Å². The van der Waals surface area contributed by atoms with Gasteiger partial charge >= 0.3 is 0 Å². The number of Topliss-reactive ketones (excluding diaryl/α,β-unsaturated/α-hetero) is 1. The predicted octanol–water partition coefficient (Wildman–Crippen LogP) is 3.54. The summed E-state index contributed by atoms with van der Waals surface area (Å²) in [4.78, 5) is 40.6. The molecule has 28 heavy (non-hydrogen) atoms. The van der Waals surface area contributed by atoms with Crippen LogP contribution in [0.15, 0.2) is 0 Å². The second kappa shape index (κ2) is 8.93. The Bertz CT molecular complexity index is 744. The van der Waals surface area contributed by atoms with E-state index in [9.17, 15) is 14.4 Å². The van der Waals surface area contributed by atoms with Gasteiger partial charge in [0.05, 0.1) is 0 Å². The van der Waals surface area contributed by atoms with Crippen LogP contribution in [0.5, 0.6) is 0 Å². The van der Waals surface area contributed by atoms with Gasteiger partial charge in [-0.25, -0.2) is 0 Å². The fourth-order valence-electron chi connectivity index (χ4n) is 3.94. The van der Waals surface area contributed by atoms with Crippen molar-refractivity contribution >= 4 is 17.6 Å². The van der Waals surface area contributed by atoms with Crippen molar-refractivity contribution in [3.8, 4) is 0 Å². The molecular formula is C22H35N3O3. The maximum Gasteiger partial charge on any atom is 0.268 e. The zero-order chi connectivity index (χ0) is 21.1. The Morgan fingerprint density at radius 1 is 1.21 bits per heavy atom. The van der Waals surface area contributed by atoms with Crippen LogP contribution >= 0.6 is 0 Å². The first-order valence-electron chi connectivity index (χ1n) is 10.5. The van der Waals surface area contributed by atoms with Gasteiger partial charge in [-0.05, 0) is 43.1 Å². The molecule has 2 aliphatic rings. The molecule has 1 saturated carbocycles. The maximum absolute atomic E-state index is 12.8. The fourth-order valence-corrected chi connectivity index (χ4v) is 3.94. The number of ketones is 1. The van der Waals surface area contributed by atoms with Crippen molar-refractivity contribution < 1.29 is 14.4 Å². The van der Waals surface area contributed by atoms with Crippen LogP contribution in [0.2, 0.25) is 0 Å². The van der Waals surface area contributed by atoms with Crippen LogP contribution in [0.25, 0.3) is 0 Å². The number of hydrogen-bond donors (Lipinski definition) is 3. The van der Waals surface area contributed by atoms with Gasteiger partial charge in [0.15, 0.2) is 5.78 Å². The first-order valence-corrected chi connectivity index (χ1v) is 10.5. The molecule has 3 N–H and O–H groups in total. The van der Waals surface area contributed by atoms with Crippen LogP contribution in [0.3, 0.4) is 0 Å². The van der Waals surface area contributed by atoms with Crippen molar-refractivity contribution in [3.63, 3.8) is 0 Å². The summed E-state index contributed by atoms with van der Waals surface area (Å²) in [6.07, 6.45) is 5.25. The second-order valence-electron chi connectivity index (χ2n) is 8.58. The van der Waals surface area contributed by atoms with E-state index in [0.717, 1.165) is 18.5 Å². The van der Waals surface area contributed by atoms with Crippen LogP contribution in [-0.2, 0) is 11.2 Å². The molecule has 156 valence electrons. The van der Waals surface area contributed by atoms with Crippen LogP contribution < -0.4 is 10.6 Å². The van der Waals surface area contributed by atoms with E-state index in [2.05, 4.69) is 29.5 Å². The van der Waals surface area contributed by atoms with Crippen LogP contribution in [0.4, 0.5) is 0 Å². The number of carbonyl (C=O) groups excluding carboxylic acids is 3. The standard InChI is InChI=1S/C20H29N3O3.C2H6/c1-11-16-14(9-20(2,3)10-15(16)24)22-17(11)19(26)23-13(18(25)21-4)8-7-12-5-6-12;1-2/h12-13,22H,5-10H2,1-4H3,(H,21,25)(H,23,26);1-2H3. The van der Waals surface area contributed by atoms with Crippen LogP contribution in [-0.4, -0.2) is 35.7 Å². The Hall–Kier alpha value is -2.11. The Morgan fingerprint density at radius 3 is 2.43 bits per heavy atom. The molecule has 0 aromatic carbocycles. The third kappa shape index (κ3) is 5.03. The van der Waals surface area contributed by atoms with Crippen molar-refractivity contribution in [2.45, 2.75) is 79.2 Å². The molecule has 2 amide bonds. The molecule has 1 fully saturated rings. The number of H-pyrrole nitrogens is 1. The number of aromatic nitrogens is 1. The number of likely N-dealkylation sites (N-methyl/N-ethyl adjacent to an activating group) is 1. The van der Waals surface area contributed by atoms with Crippen molar-refractivity contribution in [1.82, 2.24) is 15.6 Å². The summed E-state index contributed by atoms with van der Waals surface area (Å²) in [5.74, 6) is 0.288. The van der Waals surface area contributed by atoms with Gasteiger partial charge in [-0.1, -0.05) is 40.5 Å². The van der Waals surface area contributed by atoms with Gasteiger partial charge in [0.1, 0.15) is 11.7 Å². The number of carbonyl (C=O) groups is 3. The summed E-state index contributed by atoms with van der Waals surface area (Å²) in [5, 5.41) is 5.49. The zero-order valence-electron chi connectivity index (χ0n) is 18.1. The maximum atomic E-state index is 12.8. The highest BCUT2D eigenvalue weighted by Crippen LogP contribution is 2.37. The normalized spacial score (nSPS) is 18.4. The first-order chi connectivity index (χ1) is 13.2. The van der Waals surface area contributed by atoms with Crippen molar-refractivity contribution in [2.24, 2.45) is 11.3 Å². The third-order valence-corrected chi connectivity index (χ3v) is 5.56. The van der Waals surface area contributed by atoms with E-state index >= 15 is 0 Å². The van der Waals surface area contributed by atoms with E-state index in [-0.39, 0.29) is 23.0 Å². The van der Waals surface area contributed by atoms with E-state index in [0.29, 0.717) is 35.6 Å². The summed E-state index contributed by atoms with van der Waals surface area (Å²) >= 11 is 0. The molecule has 6 heteroatoms. The van der Waals surface area contributed by atoms with Crippen molar-refractivity contribution in [1.29, 1.82) is 0 Å². The molecule has 0 saturated heterocycles. The van der Waals surface area contributed by atoms with E-state index in [1.54, 1.807) is 14.0 Å². The van der Waals surface area contributed by atoms with Gasteiger partial charge < -0.3 is 15.6 Å². The number of hydrogen-bond acceptors (Lipinski definition) is 3. The van der Waals surface area contributed by atoms with Gasteiger partial charge in [0, 0.05) is 24.7 Å². The average molecular weight is 390 g/mol. The molecule has 3 rings (SSSR count). The highest BCUT2D eigenvalue weighted by Gasteiger charge is 2.35. The van der Waals surface area contributed by atoms with E-state index in [4.69, 9.17) is 0 Å². The summed E-state index contributed by atoms with van der Waals surface area (Å²) in [6.45, 7) is 9.92. The molecule has 0 spiro atoms. The van der Waals surface area contributed by atoms with Crippen LogP contribution in [0.1, 0.15) is 91.9 Å². The fraction of sp³-hybridized carbons (Fsp3) is 0.682. The lowest BCUT2D eigenvalue weighted by Crippen LogP contribution is -2.46. The van der Waals surface area contributed by atoms with Crippen molar-refractivity contribution in [3.05, 3.63) is 22.5 Å². The summed E-state index contributed by atoms with van der Waals surface area (Å²) in [5.41, 5.74) is 2.48. The largest absolute Gasteiger partial charge is 0.357 e. The highest BCUT2D eigenvalue weighted by molar-refractivity contribution is 6.05. The SMILES string of the molecule is CC.CNC(=O)C(CCC1CC1)NC(=O)c1[nH]c2c(c1C)C(=O)CC(C)(C)C2. The molecule has 1 unspecified atom stereocenters. The zero-order valence-corrected chi connectivity index (χ0v) is 18.1. The number of rotatable bonds is 6. The Labute approximate surface area is 168 Å². The monoisotopic (exact) mass is 389 g/mol. The lowest BCUT2D eigenvalue weighted by Gasteiger charge is -2.28. The Morgan fingerprint density at radius 2 is 1.86 bits per heavy atom. The molecule has 0 bridgehead atoms. The van der Waals surface area contributed by atoms with E-state index in [1.807, 2.05) is 13.8 Å². The molecule has 1 aromatic heterocycles. The second-order valence-corrected chi connectivity index (χ2v) is 8.58. The van der Waals surface area contributed by atoms with Crippen molar-refractivity contribution in [2.75, 3.05) is 7.05 Å². The quantitative estimate of drug-likeness (QED) is 0.695. The minimum absolute atomic E-state index is 0.0839. The van der Waals surface area contributed by atoms with Gasteiger partial charge in [0.2, 0.25) is 5.91 Å². The average Bonchev–Trinajstić information content (AvgIpc) is 3.41. The first kappa shape index (κ1) is 22.2. The molecule has 1 heterocycles. The Kier molecular flexibility index (Phi) is 7.07. The molecule has 1 atom stereocenters. The predicted molar refractivity (Wildman–Crippen MR) is 111 cm³/mol. The number of nitrogens with one attached hydrogen (secondary N) is 3. The lowest BCUT2D eigenvalue weighted by atomic mass is 9.75. The summed E-state index contributed by atoms with van der Waals surface area (Å²) in [7, 11) is 1.58. The minimum Gasteiger partial charge on any atom is -0.357 e. The third-order valence-electron chi connectivity index (χ3n) is 5.56. The highest BCUT2D eigenvalue weighted by atomic mass is 16.2. The van der Waals surface area contributed by atoms with Gasteiger partial charge in [0.25, 0.3) is 5.91 Å². The van der Waals surface area contributed by atoms with Crippen LogP contribution in [0, 0.1) is 18.3 Å². The smallest absolute Gasteiger partial charge is 0.268 e. The van der Waals surface area contributed by atoms with E-state index < -0.39 is 6.04 Å². The topological polar surface area (TPSA) is 91.1 Å². The van der Waals surface area contributed by atoms with Gasteiger partial charge in [-0.2, -0.15) is 0 Å². The molecule has 1 aromatic rings. The number of fused-ring (bicyclic) bond motifs is 1. The number of aromatic amines is 1. The molecule has 0 aliphatic heterocycles.